The highest BCUT2D eigenvalue weighted by Crippen LogP contribution is 1.99. The number of isocyanates is 2. The number of aliphatic imine (C=N–C) groups is 2. The standard InChI is InChI=1S/C8H12N2O2.C5H8O3/c11-7-9-5-3-1-2-4-6-10-8-12;1-2-5(7)8-4-3-6/h1-6H2;2,6H,1,3-4H2. The van der Waals surface area contributed by atoms with E-state index in [1.807, 2.05) is 0 Å². The molecule has 0 aliphatic heterocycles. The van der Waals surface area contributed by atoms with Crippen LogP contribution in [0.4, 0.5) is 0 Å². The first kappa shape index (κ1) is 20.3. The number of carbonyl (C=O) groups excluding carboxylic acids is 3. The number of hydrogen-bond donors (Lipinski definition) is 1. The maximum Gasteiger partial charge on any atom is 0.330 e. The molecule has 112 valence electrons. The number of carbonyl (C=O) groups is 1. The summed E-state index contributed by atoms with van der Waals surface area (Å²) in [7, 11) is 0. The Labute approximate surface area is 118 Å². The molecule has 0 saturated heterocycles. The van der Waals surface area contributed by atoms with Gasteiger partial charge in [-0.3, -0.25) is 0 Å². The van der Waals surface area contributed by atoms with Gasteiger partial charge in [0.15, 0.2) is 0 Å². The lowest BCUT2D eigenvalue weighted by molar-refractivity contribution is -0.138. The van der Waals surface area contributed by atoms with Gasteiger partial charge >= 0.3 is 5.97 Å². The minimum atomic E-state index is -0.501. The third-order valence-electron chi connectivity index (χ3n) is 1.92. The molecule has 0 aromatic carbocycles. The summed E-state index contributed by atoms with van der Waals surface area (Å²) in [6.07, 6.45) is 7.85. The Morgan fingerprint density at radius 2 is 1.60 bits per heavy atom. The van der Waals surface area contributed by atoms with Crippen molar-refractivity contribution in [2.75, 3.05) is 26.3 Å². The molecule has 20 heavy (non-hydrogen) atoms. The molecule has 0 radical (unpaired) electrons. The molecule has 0 bridgehead atoms. The molecule has 0 atom stereocenters. The Bertz CT molecular complexity index is 323. The van der Waals surface area contributed by atoms with Crippen LogP contribution in [0.2, 0.25) is 0 Å². The zero-order valence-electron chi connectivity index (χ0n) is 11.4. The number of aliphatic hydroxyl groups is 1. The number of nitrogens with zero attached hydrogens (tertiary/aromatic N) is 2. The number of esters is 1. The summed E-state index contributed by atoms with van der Waals surface area (Å²) in [5, 5.41) is 8.10. The van der Waals surface area contributed by atoms with E-state index >= 15 is 0 Å². The van der Waals surface area contributed by atoms with Crippen LogP contribution in [0.1, 0.15) is 25.7 Å². The van der Waals surface area contributed by atoms with Gasteiger partial charge in [0.2, 0.25) is 12.2 Å². The Morgan fingerprint density at radius 1 is 1.10 bits per heavy atom. The summed E-state index contributed by atoms with van der Waals surface area (Å²) in [6, 6.07) is 0. The molecule has 0 saturated carbocycles. The van der Waals surface area contributed by atoms with Crippen molar-refractivity contribution in [1.29, 1.82) is 0 Å². The Kier molecular flexibility index (Phi) is 19.5. The van der Waals surface area contributed by atoms with Gasteiger partial charge in [0.25, 0.3) is 0 Å². The monoisotopic (exact) mass is 284 g/mol. The minimum Gasteiger partial charge on any atom is -0.460 e. The predicted molar refractivity (Wildman–Crippen MR) is 72.7 cm³/mol. The van der Waals surface area contributed by atoms with Crippen LogP contribution in [0.3, 0.4) is 0 Å². The number of rotatable bonds is 10. The number of unbranched alkanes of at least 4 members (excludes halogenated alkanes) is 3. The molecule has 0 aliphatic carbocycles. The number of hydrogen-bond acceptors (Lipinski definition) is 7. The fourth-order valence-electron chi connectivity index (χ4n) is 1.03. The van der Waals surface area contributed by atoms with Crippen molar-refractivity contribution in [2.45, 2.75) is 25.7 Å². The van der Waals surface area contributed by atoms with Gasteiger partial charge in [0, 0.05) is 6.08 Å². The summed E-state index contributed by atoms with van der Waals surface area (Å²) in [5.74, 6) is -0.501. The second-order valence-electron chi connectivity index (χ2n) is 3.46. The molecule has 0 rings (SSSR count). The summed E-state index contributed by atoms with van der Waals surface area (Å²) in [5.41, 5.74) is 0. The maximum absolute atomic E-state index is 10.1. The van der Waals surface area contributed by atoms with Crippen LogP contribution < -0.4 is 0 Å². The average molecular weight is 284 g/mol. The van der Waals surface area contributed by atoms with Gasteiger partial charge in [0.1, 0.15) is 6.61 Å². The van der Waals surface area contributed by atoms with E-state index in [2.05, 4.69) is 21.3 Å². The molecular weight excluding hydrogens is 264 g/mol. The van der Waals surface area contributed by atoms with Crippen LogP contribution in [0.15, 0.2) is 22.6 Å². The van der Waals surface area contributed by atoms with Crippen molar-refractivity contribution in [3.05, 3.63) is 12.7 Å². The van der Waals surface area contributed by atoms with E-state index in [-0.39, 0.29) is 13.2 Å². The smallest absolute Gasteiger partial charge is 0.330 e. The Hall–Kier alpha value is -2.07. The lowest BCUT2D eigenvalue weighted by Gasteiger charge is -1.94. The van der Waals surface area contributed by atoms with E-state index in [9.17, 15) is 14.4 Å². The van der Waals surface area contributed by atoms with Gasteiger partial charge in [-0.15, -0.1) is 0 Å². The van der Waals surface area contributed by atoms with E-state index in [1.165, 1.54) is 12.2 Å². The van der Waals surface area contributed by atoms with Crippen molar-refractivity contribution in [3.8, 4) is 0 Å². The third-order valence-corrected chi connectivity index (χ3v) is 1.92. The zero-order valence-corrected chi connectivity index (χ0v) is 11.4. The van der Waals surface area contributed by atoms with Gasteiger partial charge in [-0.2, -0.15) is 0 Å². The third kappa shape index (κ3) is 21.2. The first-order valence-electron chi connectivity index (χ1n) is 6.20. The summed E-state index contributed by atoms with van der Waals surface area (Å²) in [6.45, 7) is 4.18. The molecule has 0 aromatic rings. The van der Waals surface area contributed by atoms with Crippen molar-refractivity contribution in [2.24, 2.45) is 9.98 Å². The molecular formula is C13H20N2O5. The molecule has 0 amide bonds. The fourth-order valence-corrected chi connectivity index (χ4v) is 1.03. The van der Waals surface area contributed by atoms with Crippen LogP contribution in [-0.4, -0.2) is 49.5 Å². The SMILES string of the molecule is C=CC(=O)OCCO.O=C=NCCCCCCN=C=O. The van der Waals surface area contributed by atoms with Crippen LogP contribution in [0.25, 0.3) is 0 Å². The van der Waals surface area contributed by atoms with E-state index in [4.69, 9.17) is 5.11 Å². The van der Waals surface area contributed by atoms with Crippen LogP contribution in [-0.2, 0) is 19.1 Å². The van der Waals surface area contributed by atoms with Crippen LogP contribution in [0.5, 0.6) is 0 Å². The van der Waals surface area contributed by atoms with Gasteiger partial charge in [-0.25, -0.2) is 24.4 Å². The molecule has 0 spiro atoms. The molecule has 7 heteroatoms. The highest BCUT2D eigenvalue weighted by atomic mass is 16.5. The van der Waals surface area contributed by atoms with Crippen LogP contribution >= 0.6 is 0 Å². The van der Waals surface area contributed by atoms with Crippen molar-refractivity contribution in [3.63, 3.8) is 0 Å². The van der Waals surface area contributed by atoms with Gasteiger partial charge < -0.3 is 9.84 Å². The van der Waals surface area contributed by atoms with E-state index in [0.717, 1.165) is 31.8 Å². The largest absolute Gasteiger partial charge is 0.460 e. The van der Waals surface area contributed by atoms with Crippen molar-refractivity contribution in [1.82, 2.24) is 0 Å². The lowest BCUT2D eigenvalue weighted by Crippen LogP contribution is -2.04. The quantitative estimate of drug-likeness (QED) is 0.211. The lowest BCUT2D eigenvalue weighted by atomic mass is 10.2. The maximum atomic E-state index is 10.1. The highest BCUT2D eigenvalue weighted by Gasteiger charge is 1.90. The first-order valence-corrected chi connectivity index (χ1v) is 6.20. The molecule has 0 aliphatic rings. The zero-order chi connectivity index (χ0) is 15.5. The second-order valence-corrected chi connectivity index (χ2v) is 3.46. The minimum absolute atomic E-state index is 0.0465. The number of aliphatic hydroxyl groups excluding tert-OH is 1. The van der Waals surface area contributed by atoms with Crippen molar-refractivity contribution < 1.29 is 24.2 Å². The molecule has 0 fully saturated rings. The van der Waals surface area contributed by atoms with Crippen LogP contribution in [0, 0.1) is 0 Å². The molecule has 0 aromatic heterocycles. The first-order chi connectivity index (χ1) is 9.72. The van der Waals surface area contributed by atoms with Gasteiger partial charge in [-0.05, 0) is 12.8 Å². The normalized spacial score (nSPS) is 8.25. The summed E-state index contributed by atoms with van der Waals surface area (Å²) < 4.78 is 4.33. The molecule has 7 nitrogen and oxygen atoms in total. The summed E-state index contributed by atoms with van der Waals surface area (Å²) in [4.78, 5) is 36.2. The summed E-state index contributed by atoms with van der Waals surface area (Å²) >= 11 is 0. The van der Waals surface area contributed by atoms with Gasteiger partial charge in [-0.1, -0.05) is 19.4 Å². The molecule has 1 N–H and O–H groups in total. The second kappa shape index (κ2) is 19.3. The van der Waals surface area contributed by atoms with E-state index < -0.39 is 5.97 Å². The van der Waals surface area contributed by atoms with Crippen molar-refractivity contribution >= 4 is 18.1 Å². The topological polar surface area (TPSA) is 105 Å². The fraction of sp³-hybridized carbons (Fsp3) is 0.615. The highest BCUT2D eigenvalue weighted by molar-refractivity contribution is 5.81. The average Bonchev–Trinajstić information content (AvgIpc) is 2.48. The predicted octanol–water partition coefficient (Wildman–Crippen LogP) is 0.926. The van der Waals surface area contributed by atoms with E-state index in [0.29, 0.717) is 13.1 Å². The Balaban J connectivity index is 0. The molecule has 0 heterocycles. The van der Waals surface area contributed by atoms with E-state index in [1.54, 1.807) is 0 Å². The van der Waals surface area contributed by atoms with Gasteiger partial charge in [0.05, 0.1) is 19.7 Å². The number of ether oxygens (including phenoxy) is 1. The molecule has 0 unspecified atom stereocenters. The Morgan fingerprint density at radius 3 is 1.95 bits per heavy atom.